The molecule has 2 heterocycles. The minimum Gasteiger partial charge on any atom is -0.444 e. The maximum Gasteiger partial charge on any atom is 0.417 e. The van der Waals surface area contributed by atoms with Crippen molar-refractivity contribution in [3.63, 3.8) is 0 Å². The molecule has 0 radical (unpaired) electrons. The summed E-state index contributed by atoms with van der Waals surface area (Å²) in [7, 11) is 0. The number of Topliss-reactive ketones (excluding diaryl/α,β-unsaturated/α-hetero) is 1. The Kier molecular flexibility index (Phi) is 6.08. The molecule has 1 saturated heterocycles. The van der Waals surface area contributed by atoms with Crippen molar-refractivity contribution in [3.8, 4) is 0 Å². The molecule has 1 aromatic heterocycles. The summed E-state index contributed by atoms with van der Waals surface area (Å²) in [5.74, 6) is 0.00361. The number of amides is 1. The van der Waals surface area contributed by atoms with E-state index in [0.29, 0.717) is 0 Å². The lowest BCUT2D eigenvalue weighted by Crippen LogP contribution is -2.58. The number of halogens is 4. The van der Waals surface area contributed by atoms with E-state index in [2.05, 4.69) is 20.9 Å². The van der Waals surface area contributed by atoms with Gasteiger partial charge in [0, 0.05) is 19.3 Å². The highest BCUT2D eigenvalue weighted by atomic mass is 79.9. The molecule has 150 valence electrons. The largest absolute Gasteiger partial charge is 0.444 e. The zero-order chi connectivity index (χ0) is 20.6. The fraction of sp³-hybridized carbons (Fsp3) is 0.588. The van der Waals surface area contributed by atoms with Crippen LogP contribution in [0.15, 0.2) is 16.7 Å². The van der Waals surface area contributed by atoms with E-state index in [-0.39, 0.29) is 35.7 Å². The van der Waals surface area contributed by atoms with E-state index in [9.17, 15) is 22.8 Å². The number of rotatable bonds is 2. The van der Waals surface area contributed by atoms with Crippen molar-refractivity contribution < 1.29 is 27.5 Å². The first-order valence-corrected chi connectivity index (χ1v) is 9.06. The number of alkyl halides is 3. The molecule has 0 bridgehead atoms. The Bertz CT molecular complexity index is 734. The number of nitrogens with zero attached hydrogens (tertiary/aromatic N) is 3. The van der Waals surface area contributed by atoms with E-state index >= 15 is 0 Å². The molecule has 0 aromatic carbocycles. The highest BCUT2D eigenvalue weighted by molar-refractivity contribution is 9.10. The monoisotopic (exact) mass is 451 g/mol. The molecule has 1 aliphatic heterocycles. The first-order chi connectivity index (χ1) is 12.3. The van der Waals surface area contributed by atoms with Gasteiger partial charge >= 0.3 is 12.3 Å². The summed E-state index contributed by atoms with van der Waals surface area (Å²) in [6.45, 7) is 7.16. The number of aromatic nitrogens is 1. The fourth-order valence-corrected chi connectivity index (χ4v) is 3.25. The Hall–Kier alpha value is -1.84. The van der Waals surface area contributed by atoms with Crippen molar-refractivity contribution in [1.29, 1.82) is 0 Å². The van der Waals surface area contributed by atoms with Crippen LogP contribution in [0.2, 0.25) is 0 Å². The van der Waals surface area contributed by atoms with Crippen LogP contribution in [-0.4, -0.2) is 53.0 Å². The van der Waals surface area contributed by atoms with Gasteiger partial charge in [0.1, 0.15) is 17.5 Å². The molecule has 0 spiro atoms. The van der Waals surface area contributed by atoms with Gasteiger partial charge in [-0.15, -0.1) is 0 Å². The van der Waals surface area contributed by atoms with Gasteiger partial charge in [-0.05, 0) is 49.7 Å². The van der Waals surface area contributed by atoms with Gasteiger partial charge in [0.05, 0.1) is 16.6 Å². The van der Waals surface area contributed by atoms with Crippen LogP contribution in [-0.2, 0) is 15.7 Å². The van der Waals surface area contributed by atoms with E-state index in [0.717, 1.165) is 12.3 Å². The fourth-order valence-electron chi connectivity index (χ4n) is 2.67. The predicted octanol–water partition coefficient (Wildman–Crippen LogP) is 3.88. The van der Waals surface area contributed by atoms with Crippen LogP contribution in [0.4, 0.5) is 23.8 Å². The highest BCUT2D eigenvalue weighted by Gasteiger charge is 2.37. The molecule has 0 aliphatic carbocycles. The number of pyridine rings is 1. The second kappa shape index (κ2) is 7.65. The molecular weight excluding hydrogens is 431 g/mol. The highest BCUT2D eigenvalue weighted by Crippen LogP contribution is 2.35. The molecule has 1 unspecified atom stereocenters. The van der Waals surface area contributed by atoms with Gasteiger partial charge in [-0.25, -0.2) is 9.78 Å². The molecule has 6 nitrogen and oxygen atoms in total. The Morgan fingerprint density at radius 1 is 1.26 bits per heavy atom. The Morgan fingerprint density at radius 3 is 2.37 bits per heavy atom. The van der Waals surface area contributed by atoms with Gasteiger partial charge in [0.15, 0.2) is 5.78 Å². The van der Waals surface area contributed by atoms with Gasteiger partial charge in [0.2, 0.25) is 0 Å². The van der Waals surface area contributed by atoms with Crippen molar-refractivity contribution in [3.05, 3.63) is 22.3 Å². The smallest absolute Gasteiger partial charge is 0.417 e. The van der Waals surface area contributed by atoms with Crippen LogP contribution >= 0.6 is 15.9 Å². The molecular formula is C17H21BrF3N3O3. The normalized spacial score (nSPS) is 18.4. The second-order valence-corrected chi connectivity index (χ2v) is 8.13. The summed E-state index contributed by atoms with van der Waals surface area (Å²) < 4.78 is 44.0. The van der Waals surface area contributed by atoms with Crippen LogP contribution in [0.25, 0.3) is 0 Å². The summed E-state index contributed by atoms with van der Waals surface area (Å²) in [5, 5.41) is 0. The van der Waals surface area contributed by atoms with Gasteiger partial charge in [-0.2, -0.15) is 13.2 Å². The molecule has 1 fully saturated rings. The van der Waals surface area contributed by atoms with Gasteiger partial charge < -0.3 is 14.5 Å². The number of carbonyl (C=O) groups excluding carboxylic acids is 2. The number of ketones is 1. The molecule has 2 rings (SSSR count). The minimum absolute atomic E-state index is 0.0688. The molecule has 1 aromatic rings. The van der Waals surface area contributed by atoms with E-state index in [1.807, 2.05) is 0 Å². The summed E-state index contributed by atoms with van der Waals surface area (Å²) in [6, 6.07) is 0.201. The SMILES string of the molecule is CC(=O)C1CN(C(=O)OC(C)(C)C)CCN1c1ncc(C(F)(F)F)cc1Br. The van der Waals surface area contributed by atoms with Gasteiger partial charge in [-0.1, -0.05) is 0 Å². The number of ether oxygens (including phenoxy) is 1. The molecule has 10 heteroatoms. The first-order valence-electron chi connectivity index (χ1n) is 8.27. The molecule has 0 saturated carbocycles. The van der Waals surface area contributed by atoms with Crippen molar-refractivity contribution in [2.75, 3.05) is 24.5 Å². The lowest BCUT2D eigenvalue weighted by atomic mass is 10.1. The van der Waals surface area contributed by atoms with Crippen molar-refractivity contribution in [2.45, 2.75) is 45.5 Å². The van der Waals surface area contributed by atoms with Crippen molar-refractivity contribution >= 4 is 33.6 Å². The lowest BCUT2D eigenvalue weighted by Gasteiger charge is -2.41. The average molecular weight is 452 g/mol. The quantitative estimate of drug-likeness (QED) is 0.682. The average Bonchev–Trinajstić information content (AvgIpc) is 2.51. The summed E-state index contributed by atoms with van der Waals surface area (Å²) in [4.78, 5) is 31.3. The summed E-state index contributed by atoms with van der Waals surface area (Å²) in [6.07, 6.45) is -4.31. The van der Waals surface area contributed by atoms with Crippen LogP contribution in [0.5, 0.6) is 0 Å². The Balaban J connectivity index is 2.24. The first kappa shape index (κ1) is 21.5. The zero-order valence-corrected chi connectivity index (χ0v) is 17.0. The topological polar surface area (TPSA) is 62.7 Å². The van der Waals surface area contributed by atoms with E-state index in [1.54, 1.807) is 25.7 Å². The zero-order valence-electron chi connectivity index (χ0n) is 15.4. The van der Waals surface area contributed by atoms with Crippen LogP contribution in [0, 0.1) is 0 Å². The number of hydrogen-bond acceptors (Lipinski definition) is 5. The van der Waals surface area contributed by atoms with Crippen LogP contribution in [0.3, 0.4) is 0 Å². The number of piperazine rings is 1. The summed E-state index contributed by atoms with van der Waals surface area (Å²) >= 11 is 3.11. The standard InChI is InChI=1S/C17H21BrF3N3O3/c1-10(25)13-9-23(15(26)27-16(2,3)4)5-6-24(13)14-12(18)7-11(8-22-14)17(19,20)21/h7-8,13H,5-6,9H2,1-4H3. The predicted molar refractivity (Wildman–Crippen MR) is 96.6 cm³/mol. The van der Waals surface area contributed by atoms with Crippen molar-refractivity contribution in [1.82, 2.24) is 9.88 Å². The Morgan fingerprint density at radius 2 is 1.89 bits per heavy atom. The number of anilines is 1. The van der Waals surface area contributed by atoms with E-state index in [4.69, 9.17) is 4.74 Å². The molecule has 0 N–H and O–H groups in total. The van der Waals surface area contributed by atoms with Crippen LogP contribution < -0.4 is 4.90 Å². The third-order valence-electron chi connectivity index (χ3n) is 3.92. The molecule has 27 heavy (non-hydrogen) atoms. The molecule has 1 aliphatic rings. The second-order valence-electron chi connectivity index (χ2n) is 7.27. The third kappa shape index (κ3) is 5.33. The van der Waals surface area contributed by atoms with E-state index < -0.39 is 29.5 Å². The van der Waals surface area contributed by atoms with Crippen molar-refractivity contribution in [2.24, 2.45) is 0 Å². The van der Waals surface area contributed by atoms with Gasteiger partial charge in [0.25, 0.3) is 0 Å². The minimum atomic E-state index is -4.51. The number of hydrogen-bond donors (Lipinski definition) is 0. The van der Waals surface area contributed by atoms with Crippen LogP contribution in [0.1, 0.15) is 33.3 Å². The third-order valence-corrected chi connectivity index (χ3v) is 4.51. The number of carbonyl (C=O) groups is 2. The molecule has 1 atom stereocenters. The van der Waals surface area contributed by atoms with E-state index in [1.165, 1.54) is 11.8 Å². The Labute approximate surface area is 163 Å². The lowest BCUT2D eigenvalue weighted by molar-refractivity contribution is -0.137. The maximum atomic E-state index is 12.8. The maximum absolute atomic E-state index is 12.8. The van der Waals surface area contributed by atoms with Gasteiger partial charge in [-0.3, -0.25) is 4.79 Å². The molecule has 1 amide bonds. The summed E-state index contributed by atoms with van der Waals surface area (Å²) in [5.41, 5.74) is -1.55.